The molecule has 0 radical (unpaired) electrons. The molecule has 0 amide bonds. The second-order valence-corrected chi connectivity index (χ2v) is 7.06. The van der Waals surface area contributed by atoms with Gasteiger partial charge in [-0.15, -0.1) is 0 Å². The minimum Gasteiger partial charge on any atom is -0.244 e. The van der Waals surface area contributed by atoms with E-state index in [4.69, 9.17) is 9.97 Å². The quantitative estimate of drug-likeness (QED) is 0.371. The highest BCUT2D eigenvalue weighted by molar-refractivity contribution is 5.79. The molecule has 0 spiro atoms. The Labute approximate surface area is 169 Å². The van der Waals surface area contributed by atoms with Gasteiger partial charge in [0.15, 0.2) is 5.82 Å². The lowest BCUT2D eigenvalue weighted by molar-refractivity contribution is 1.17. The normalized spacial score (nSPS) is 10.9. The predicted octanol–water partition coefficient (Wildman–Crippen LogP) is 6.33. The first kappa shape index (κ1) is 17.3. The van der Waals surface area contributed by atoms with Crippen molar-refractivity contribution in [1.29, 1.82) is 0 Å². The minimum atomic E-state index is 0.644. The molecule has 0 unspecified atom stereocenters. The average Bonchev–Trinajstić information content (AvgIpc) is 2.80. The molecule has 3 heteroatoms. The Balaban J connectivity index is 1.54. The van der Waals surface area contributed by atoms with Crippen LogP contribution in [0.4, 0.5) is 0 Å². The van der Waals surface area contributed by atoms with Crippen LogP contribution >= 0.6 is 0 Å². The molecule has 3 aromatic carbocycles. The Kier molecular flexibility index (Phi) is 4.34. The summed E-state index contributed by atoms with van der Waals surface area (Å²) in [4.78, 5) is 14.1. The molecule has 5 rings (SSSR count). The summed E-state index contributed by atoms with van der Waals surface area (Å²) in [5.74, 6) is 0.644. The lowest BCUT2D eigenvalue weighted by Gasteiger charge is -2.09. The standard InChI is InChI=1S/C26H19N3/c1-18-11-16-24(26-27-17-22-9-5-6-10-23(22)29-26)28-25(18)21-14-12-20(13-15-21)19-7-3-2-4-8-19/h2-17H,1H3. The Morgan fingerprint density at radius 1 is 0.586 bits per heavy atom. The zero-order valence-electron chi connectivity index (χ0n) is 16.1. The van der Waals surface area contributed by atoms with Crippen molar-refractivity contribution in [2.75, 3.05) is 0 Å². The van der Waals surface area contributed by atoms with Crippen molar-refractivity contribution in [1.82, 2.24) is 15.0 Å². The molecule has 0 N–H and O–H groups in total. The van der Waals surface area contributed by atoms with Gasteiger partial charge in [0, 0.05) is 17.1 Å². The summed E-state index contributed by atoms with van der Waals surface area (Å²) in [6.45, 7) is 2.08. The van der Waals surface area contributed by atoms with E-state index in [1.807, 2.05) is 42.6 Å². The van der Waals surface area contributed by atoms with Gasteiger partial charge in [-0.2, -0.15) is 0 Å². The van der Waals surface area contributed by atoms with Crippen molar-refractivity contribution in [3.8, 4) is 33.9 Å². The van der Waals surface area contributed by atoms with Gasteiger partial charge in [0.25, 0.3) is 0 Å². The summed E-state index contributed by atoms with van der Waals surface area (Å²) in [5.41, 5.74) is 7.28. The summed E-state index contributed by atoms with van der Waals surface area (Å²) in [7, 11) is 0. The second-order valence-electron chi connectivity index (χ2n) is 7.06. The molecule has 0 aliphatic carbocycles. The summed E-state index contributed by atoms with van der Waals surface area (Å²) >= 11 is 0. The van der Waals surface area contributed by atoms with Gasteiger partial charge < -0.3 is 0 Å². The van der Waals surface area contributed by atoms with Gasteiger partial charge in [-0.05, 0) is 35.7 Å². The van der Waals surface area contributed by atoms with Gasteiger partial charge in [0.1, 0.15) is 5.69 Å². The fourth-order valence-electron chi connectivity index (χ4n) is 3.49. The SMILES string of the molecule is Cc1ccc(-c2ncc3ccccc3n2)nc1-c1ccc(-c2ccccc2)cc1. The van der Waals surface area contributed by atoms with Gasteiger partial charge in [-0.1, -0.05) is 78.9 Å². The van der Waals surface area contributed by atoms with Crippen molar-refractivity contribution < 1.29 is 0 Å². The largest absolute Gasteiger partial charge is 0.244 e. The number of pyridine rings is 1. The molecule has 0 atom stereocenters. The van der Waals surface area contributed by atoms with Crippen LogP contribution in [0.1, 0.15) is 5.56 Å². The molecule has 0 fully saturated rings. The van der Waals surface area contributed by atoms with E-state index >= 15 is 0 Å². The maximum atomic E-state index is 4.90. The molecule has 29 heavy (non-hydrogen) atoms. The number of aryl methyl sites for hydroxylation is 1. The molecular weight excluding hydrogens is 354 g/mol. The highest BCUT2D eigenvalue weighted by Crippen LogP contribution is 2.27. The Morgan fingerprint density at radius 3 is 2.10 bits per heavy atom. The average molecular weight is 373 g/mol. The number of fused-ring (bicyclic) bond motifs is 1. The molecule has 0 saturated heterocycles. The first-order chi connectivity index (χ1) is 14.3. The van der Waals surface area contributed by atoms with Crippen LogP contribution < -0.4 is 0 Å². The van der Waals surface area contributed by atoms with E-state index in [0.717, 1.165) is 33.4 Å². The van der Waals surface area contributed by atoms with E-state index in [9.17, 15) is 0 Å². The van der Waals surface area contributed by atoms with Gasteiger partial charge in [0.05, 0.1) is 11.2 Å². The fourth-order valence-corrected chi connectivity index (χ4v) is 3.49. The molecule has 0 aliphatic heterocycles. The highest BCUT2D eigenvalue weighted by Gasteiger charge is 2.10. The lowest BCUT2D eigenvalue weighted by Crippen LogP contribution is -1.96. The molecule has 5 aromatic rings. The van der Waals surface area contributed by atoms with Crippen molar-refractivity contribution >= 4 is 10.9 Å². The van der Waals surface area contributed by atoms with Crippen LogP contribution in [0.3, 0.4) is 0 Å². The zero-order chi connectivity index (χ0) is 19.6. The van der Waals surface area contributed by atoms with Crippen LogP contribution in [0.15, 0.2) is 97.2 Å². The van der Waals surface area contributed by atoms with Crippen LogP contribution in [0.2, 0.25) is 0 Å². The minimum absolute atomic E-state index is 0.644. The van der Waals surface area contributed by atoms with Gasteiger partial charge >= 0.3 is 0 Å². The monoisotopic (exact) mass is 373 g/mol. The molecule has 0 bridgehead atoms. The van der Waals surface area contributed by atoms with Crippen LogP contribution in [0.25, 0.3) is 44.8 Å². The molecule has 0 aliphatic rings. The molecular formula is C26H19N3. The zero-order valence-corrected chi connectivity index (χ0v) is 16.1. The number of hydrogen-bond acceptors (Lipinski definition) is 3. The highest BCUT2D eigenvalue weighted by atomic mass is 14.9. The second kappa shape index (κ2) is 7.28. The van der Waals surface area contributed by atoms with Crippen LogP contribution in [0, 0.1) is 6.92 Å². The van der Waals surface area contributed by atoms with Crippen molar-refractivity contribution in [3.63, 3.8) is 0 Å². The third-order valence-electron chi connectivity index (χ3n) is 5.08. The van der Waals surface area contributed by atoms with E-state index in [1.165, 1.54) is 11.1 Å². The number of benzene rings is 3. The number of rotatable bonds is 3. The van der Waals surface area contributed by atoms with Crippen LogP contribution in [-0.4, -0.2) is 15.0 Å². The van der Waals surface area contributed by atoms with Crippen molar-refractivity contribution in [2.24, 2.45) is 0 Å². The number of aromatic nitrogens is 3. The molecule has 0 saturated carbocycles. The predicted molar refractivity (Wildman–Crippen MR) is 118 cm³/mol. The van der Waals surface area contributed by atoms with E-state index in [2.05, 4.69) is 66.5 Å². The summed E-state index contributed by atoms with van der Waals surface area (Å²) in [5, 5.41) is 1.03. The topological polar surface area (TPSA) is 38.7 Å². The first-order valence-corrected chi connectivity index (χ1v) is 9.63. The van der Waals surface area contributed by atoms with Gasteiger partial charge in [-0.25, -0.2) is 15.0 Å². The molecule has 2 heterocycles. The third-order valence-corrected chi connectivity index (χ3v) is 5.08. The number of para-hydroxylation sites is 1. The Hall–Kier alpha value is -3.85. The van der Waals surface area contributed by atoms with Gasteiger partial charge in [0.2, 0.25) is 0 Å². The maximum absolute atomic E-state index is 4.90. The molecule has 138 valence electrons. The maximum Gasteiger partial charge on any atom is 0.178 e. The number of hydrogen-bond donors (Lipinski definition) is 0. The van der Waals surface area contributed by atoms with Gasteiger partial charge in [-0.3, -0.25) is 0 Å². The van der Waals surface area contributed by atoms with Crippen LogP contribution in [0.5, 0.6) is 0 Å². The third kappa shape index (κ3) is 3.39. The Morgan fingerprint density at radius 2 is 1.28 bits per heavy atom. The van der Waals surface area contributed by atoms with E-state index in [-0.39, 0.29) is 0 Å². The van der Waals surface area contributed by atoms with E-state index in [0.29, 0.717) is 5.82 Å². The number of nitrogens with zero attached hydrogens (tertiary/aromatic N) is 3. The Bertz CT molecular complexity index is 1290. The first-order valence-electron chi connectivity index (χ1n) is 9.63. The summed E-state index contributed by atoms with van der Waals surface area (Å²) in [6, 6.07) is 31.0. The molecule has 3 nitrogen and oxygen atoms in total. The van der Waals surface area contributed by atoms with Crippen molar-refractivity contribution in [3.05, 3.63) is 103 Å². The summed E-state index contributed by atoms with van der Waals surface area (Å²) < 4.78 is 0. The van der Waals surface area contributed by atoms with Crippen molar-refractivity contribution in [2.45, 2.75) is 6.92 Å². The fraction of sp³-hybridized carbons (Fsp3) is 0.0385. The summed E-state index contributed by atoms with van der Waals surface area (Å²) in [6.07, 6.45) is 1.85. The van der Waals surface area contributed by atoms with E-state index in [1.54, 1.807) is 0 Å². The van der Waals surface area contributed by atoms with E-state index < -0.39 is 0 Å². The molecule has 2 aromatic heterocycles. The smallest absolute Gasteiger partial charge is 0.178 e. The van der Waals surface area contributed by atoms with Crippen LogP contribution in [-0.2, 0) is 0 Å². The lowest BCUT2D eigenvalue weighted by atomic mass is 10.0.